The van der Waals surface area contributed by atoms with Crippen LogP contribution < -0.4 is 10.6 Å². The second kappa shape index (κ2) is 6.11. The maximum Gasteiger partial charge on any atom is 0.146 e. The van der Waals surface area contributed by atoms with Crippen molar-refractivity contribution in [3.63, 3.8) is 0 Å². The van der Waals surface area contributed by atoms with Crippen molar-refractivity contribution >= 4 is 17.4 Å². The summed E-state index contributed by atoms with van der Waals surface area (Å²) in [6.45, 7) is 2.47. The molecule has 0 saturated carbocycles. The van der Waals surface area contributed by atoms with Gasteiger partial charge in [-0.2, -0.15) is 11.8 Å². The van der Waals surface area contributed by atoms with E-state index in [4.69, 9.17) is 5.73 Å². The summed E-state index contributed by atoms with van der Waals surface area (Å²) in [4.78, 5) is 1.96. The molecule has 2 nitrogen and oxygen atoms in total. The Morgan fingerprint density at radius 3 is 2.69 bits per heavy atom. The predicted molar refractivity (Wildman–Crippen MR) is 70.5 cm³/mol. The highest BCUT2D eigenvalue weighted by molar-refractivity contribution is 7.98. The van der Waals surface area contributed by atoms with Gasteiger partial charge in [-0.3, -0.25) is 0 Å². The molecule has 16 heavy (non-hydrogen) atoms. The minimum absolute atomic E-state index is 0.196. The van der Waals surface area contributed by atoms with Crippen molar-refractivity contribution in [2.75, 3.05) is 24.0 Å². The van der Waals surface area contributed by atoms with Crippen LogP contribution in [0.15, 0.2) is 18.2 Å². The largest absolute Gasteiger partial charge is 0.369 e. The van der Waals surface area contributed by atoms with Gasteiger partial charge in [-0.25, -0.2) is 4.39 Å². The van der Waals surface area contributed by atoms with Gasteiger partial charge >= 0.3 is 0 Å². The van der Waals surface area contributed by atoms with E-state index >= 15 is 0 Å². The number of nitrogens with two attached hydrogens (primary N) is 1. The predicted octanol–water partition coefficient (Wildman–Crippen LogP) is 2.47. The van der Waals surface area contributed by atoms with E-state index in [-0.39, 0.29) is 5.82 Å². The van der Waals surface area contributed by atoms with E-state index in [2.05, 4.69) is 13.2 Å². The molecule has 0 radical (unpaired) electrons. The number of anilines is 1. The summed E-state index contributed by atoms with van der Waals surface area (Å²) in [6, 6.07) is 5.50. The van der Waals surface area contributed by atoms with Crippen LogP contribution in [0.3, 0.4) is 0 Å². The van der Waals surface area contributed by atoms with Crippen molar-refractivity contribution in [3.05, 3.63) is 29.6 Å². The third kappa shape index (κ3) is 3.12. The van der Waals surface area contributed by atoms with Crippen LogP contribution in [-0.4, -0.2) is 25.1 Å². The van der Waals surface area contributed by atoms with Crippen LogP contribution in [0.25, 0.3) is 0 Å². The lowest BCUT2D eigenvalue weighted by Crippen LogP contribution is -2.31. The number of halogens is 1. The summed E-state index contributed by atoms with van der Waals surface area (Å²) in [5, 5.41) is 0. The van der Waals surface area contributed by atoms with Crippen molar-refractivity contribution in [1.82, 2.24) is 0 Å². The molecule has 0 aromatic heterocycles. The maximum atomic E-state index is 13.8. The summed E-state index contributed by atoms with van der Waals surface area (Å²) in [6.07, 6.45) is 2.05. The molecule has 4 heteroatoms. The zero-order chi connectivity index (χ0) is 12.1. The summed E-state index contributed by atoms with van der Waals surface area (Å²) < 4.78 is 13.8. The van der Waals surface area contributed by atoms with E-state index in [0.717, 1.165) is 11.3 Å². The van der Waals surface area contributed by atoms with Crippen LogP contribution in [0, 0.1) is 5.82 Å². The molecule has 2 N–H and O–H groups in total. The zero-order valence-electron chi connectivity index (χ0n) is 10.0. The van der Waals surface area contributed by atoms with Gasteiger partial charge in [0.05, 0.1) is 5.69 Å². The Kier molecular flexibility index (Phi) is 5.09. The standard InChI is InChI=1S/C12H19FN2S/c1-9(8-16-3)15(2)12-5-4-10(7-14)6-11(12)13/h4-6,9H,7-8,14H2,1-3H3. The Bertz CT molecular complexity index is 344. The average molecular weight is 242 g/mol. The number of benzene rings is 1. The highest BCUT2D eigenvalue weighted by Crippen LogP contribution is 2.22. The van der Waals surface area contributed by atoms with Gasteiger partial charge < -0.3 is 10.6 Å². The zero-order valence-corrected chi connectivity index (χ0v) is 10.9. The normalized spacial score (nSPS) is 12.6. The fourth-order valence-electron chi connectivity index (χ4n) is 1.55. The summed E-state index contributed by atoms with van der Waals surface area (Å²) >= 11 is 1.76. The average Bonchev–Trinajstić information content (AvgIpc) is 2.28. The van der Waals surface area contributed by atoms with Crippen LogP contribution in [0.4, 0.5) is 10.1 Å². The fraction of sp³-hybridized carbons (Fsp3) is 0.500. The van der Waals surface area contributed by atoms with Crippen molar-refractivity contribution in [1.29, 1.82) is 0 Å². The maximum absolute atomic E-state index is 13.8. The van der Waals surface area contributed by atoms with Crippen molar-refractivity contribution in [3.8, 4) is 0 Å². The van der Waals surface area contributed by atoms with Crippen LogP contribution in [0.5, 0.6) is 0 Å². The van der Waals surface area contributed by atoms with Crippen LogP contribution in [0.1, 0.15) is 12.5 Å². The van der Waals surface area contributed by atoms with Crippen molar-refractivity contribution < 1.29 is 4.39 Å². The number of hydrogen-bond acceptors (Lipinski definition) is 3. The Hall–Kier alpha value is -0.740. The molecule has 0 aliphatic carbocycles. The molecule has 1 rings (SSSR count). The molecular weight excluding hydrogens is 223 g/mol. The molecule has 0 bridgehead atoms. The fourth-order valence-corrected chi connectivity index (χ4v) is 2.26. The van der Waals surface area contributed by atoms with Gasteiger partial charge in [0.1, 0.15) is 5.82 Å². The second-order valence-corrected chi connectivity index (χ2v) is 4.82. The van der Waals surface area contributed by atoms with Crippen molar-refractivity contribution in [2.45, 2.75) is 19.5 Å². The third-order valence-corrected chi connectivity index (χ3v) is 3.51. The highest BCUT2D eigenvalue weighted by atomic mass is 32.2. The molecule has 1 atom stereocenters. The first-order valence-corrected chi connectivity index (χ1v) is 6.69. The number of rotatable bonds is 5. The van der Waals surface area contributed by atoms with Crippen LogP contribution in [-0.2, 0) is 6.54 Å². The van der Waals surface area contributed by atoms with E-state index in [1.165, 1.54) is 6.07 Å². The smallest absolute Gasteiger partial charge is 0.146 e. The first-order chi connectivity index (χ1) is 7.60. The lowest BCUT2D eigenvalue weighted by molar-refractivity contribution is 0.612. The second-order valence-electron chi connectivity index (χ2n) is 3.91. The summed E-state index contributed by atoms with van der Waals surface area (Å²) in [5.41, 5.74) is 6.93. The third-order valence-electron chi connectivity index (χ3n) is 2.70. The molecule has 90 valence electrons. The molecule has 0 aliphatic rings. The molecule has 0 saturated heterocycles. The molecule has 0 spiro atoms. The highest BCUT2D eigenvalue weighted by Gasteiger charge is 2.13. The van der Waals surface area contributed by atoms with Gasteiger partial charge in [0.15, 0.2) is 0 Å². The molecule has 0 amide bonds. The number of thioether (sulfide) groups is 1. The molecule has 1 aromatic rings. The van der Waals surface area contributed by atoms with E-state index in [9.17, 15) is 4.39 Å². The Labute approximate surface area is 101 Å². The Balaban J connectivity index is 2.87. The molecule has 0 heterocycles. The molecular formula is C12H19FN2S. The van der Waals surface area contributed by atoms with Gasteiger partial charge in [-0.15, -0.1) is 0 Å². The monoisotopic (exact) mass is 242 g/mol. The first kappa shape index (κ1) is 13.3. The summed E-state index contributed by atoms with van der Waals surface area (Å²) in [7, 11) is 1.92. The molecule has 0 fully saturated rings. The Morgan fingerprint density at radius 2 is 2.19 bits per heavy atom. The SMILES string of the molecule is CSCC(C)N(C)c1ccc(CN)cc1F. The molecule has 1 unspecified atom stereocenters. The van der Waals surface area contributed by atoms with Gasteiger partial charge in [-0.1, -0.05) is 6.07 Å². The van der Waals surface area contributed by atoms with Crippen LogP contribution in [0.2, 0.25) is 0 Å². The quantitative estimate of drug-likeness (QED) is 0.860. The van der Waals surface area contributed by atoms with E-state index in [0.29, 0.717) is 18.3 Å². The Morgan fingerprint density at radius 1 is 1.50 bits per heavy atom. The lowest BCUT2D eigenvalue weighted by atomic mass is 10.1. The van der Waals surface area contributed by atoms with Gasteiger partial charge in [0.25, 0.3) is 0 Å². The minimum atomic E-state index is -0.196. The topological polar surface area (TPSA) is 29.3 Å². The van der Waals surface area contributed by atoms with Gasteiger partial charge in [0, 0.05) is 25.4 Å². The van der Waals surface area contributed by atoms with Gasteiger partial charge in [0.2, 0.25) is 0 Å². The number of nitrogens with zero attached hydrogens (tertiary/aromatic N) is 1. The van der Waals surface area contributed by atoms with Crippen LogP contribution >= 0.6 is 11.8 Å². The van der Waals surface area contributed by atoms with E-state index < -0.39 is 0 Å². The van der Waals surface area contributed by atoms with E-state index in [1.54, 1.807) is 17.8 Å². The molecule has 1 aromatic carbocycles. The molecule has 0 aliphatic heterocycles. The lowest BCUT2D eigenvalue weighted by Gasteiger charge is -2.27. The first-order valence-electron chi connectivity index (χ1n) is 5.30. The minimum Gasteiger partial charge on any atom is -0.369 e. The van der Waals surface area contributed by atoms with E-state index in [1.807, 2.05) is 18.0 Å². The summed E-state index contributed by atoms with van der Waals surface area (Å²) in [5.74, 6) is 0.785. The van der Waals surface area contributed by atoms with Gasteiger partial charge in [-0.05, 0) is 30.9 Å². The van der Waals surface area contributed by atoms with Crippen molar-refractivity contribution in [2.24, 2.45) is 5.73 Å². The number of hydrogen-bond donors (Lipinski definition) is 1.